The van der Waals surface area contributed by atoms with Crippen molar-refractivity contribution in [2.75, 3.05) is 11.1 Å². The average molecular weight is 406 g/mol. The molecule has 28 heavy (non-hydrogen) atoms. The van der Waals surface area contributed by atoms with Crippen molar-refractivity contribution in [1.29, 1.82) is 0 Å². The number of aromatic nitrogens is 2. The number of hydrogen-bond donors (Lipinski definition) is 1. The molecule has 0 aliphatic carbocycles. The van der Waals surface area contributed by atoms with Crippen molar-refractivity contribution in [3.8, 4) is 11.1 Å². The van der Waals surface area contributed by atoms with Crippen LogP contribution in [0.1, 0.15) is 11.1 Å². The summed E-state index contributed by atoms with van der Waals surface area (Å²) in [6.07, 6.45) is 1.57. The summed E-state index contributed by atoms with van der Waals surface area (Å²) in [5.74, 6) is 0.252. The fourth-order valence-corrected chi connectivity index (χ4v) is 4.96. The number of thiophene rings is 1. The molecular formula is C22H19N3OS2. The molecule has 0 bridgehead atoms. The Balaban J connectivity index is 1.55. The number of nitrogens with zero attached hydrogens (tertiary/aromatic N) is 2. The Kier molecular flexibility index (Phi) is 5.41. The molecule has 4 nitrogen and oxygen atoms in total. The first-order valence-electron chi connectivity index (χ1n) is 8.89. The third-order valence-electron chi connectivity index (χ3n) is 4.27. The highest BCUT2D eigenvalue weighted by Crippen LogP contribution is 2.37. The van der Waals surface area contributed by atoms with Gasteiger partial charge in [0, 0.05) is 16.6 Å². The van der Waals surface area contributed by atoms with E-state index in [1.807, 2.05) is 44.2 Å². The molecule has 0 radical (unpaired) electrons. The number of carbonyl (C=O) groups excluding carboxylic acids is 1. The van der Waals surface area contributed by atoms with E-state index in [0.29, 0.717) is 5.75 Å². The molecule has 1 N–H and O–H groups in total. The predicted molar refractivity (Wildman–Crippen MR) is 118 cm³/mol. The highest BCUT2D eigenvalue weighted by atomic mass is 32.2. The van der Waals surface area contributed by atoms with E-state index >= 15 is 0 Å². The number of amides is 1. The number of carbonyl (C=O) groups is 1. The summed E-state index contributed by atoms with van der Waals surface area (Å²) in [6.45, 7) is 4.05. The van der Waals surface area contributed by atoms with Crippen LogP contribution in [0.3, 0.4) is 0 Å². The molecule has 2 heterocycles. The molecule has 140 valence electrons. The van der Waals surface area contributed by atoms with Crippen molar-refractivity contribution in [3.63, 3.8) is 0 Å². The first-order valence-corrected chi connectivity index (χ1v) is 10.8. The van der Waals surface area contributed by atoms with Gasteiger partial charge in [-0.05, 0) is 42.7 Å². The maximum atomic E-state index is 12.5. The fourth-order valence-electron chi connectivity index (χ4n) is 3.17. The lowest BCUT2D eigenvalue weighted by Crippen LogP contribution is -2.14. The second-order valence-corrected chi connectivity index (χ2v) is 8.41. The zero-order valence-corrected chi connectivity index (χ0v) is 17.2. The minimum atomic E-state index is -0.0433. The van der Waals surface area contributed by atoms with Crippen LogP contribution < -0.4 is 5.32 Å². The Hall–Kier alpha value is -2.70. The molecule has 2 aromatic carbocycles. The van der Waals surface area contributed by atoms with Crippen LogP contribution in [0.2, 0.25) is 0 Å². The van der Waals surface area contributed by atoms with Crippen LogP contribution in [0.5, 0.6) is 0 Å². The van der Waals surface area contributed by atoms with Gasteiger partial charge in [0.1, 0.15) is 16.2 Å². The Labute approximate surface area is 172 Å². The molecule has 6 heteroatoms. The molecular weight excluding hydrogens is 386 g/mol. The number of fused-ring (bicyclic) bond motifs is 1. The zero-order chi connectivity index (χ0) is 19.5. The third kappa shape index (κ3) is 4.08. The van der Waals surface area contributed by atoms with E-state index in [2.05, 4.69) is 38.9 Å². The van der Waals surface area contributed by atoms with Gasteiger partial charge in [-0.2, -0.15) is 0 Å². The molecule has 2 aromatic heterocycles. The summed E-state index contributed by atoms with van der Waals surface area (Å²) in [5, 5.41) is 6.94. The molecule has 0 aliphatic rings. The minimum Gasteiger partial charge on any atom is -0.325 e. The van der Waals surface area contributed by atoms with Crippen molar-refractivity contribution in [2.24, 2.45) is 0 Å². The van der Waals surface area contributed by atoms with Gasteiger partial charge in [0.15, 0.2) is 0 Å². The van der Waals surface area contributed by atoms with E-state index in [9.17, 15) is 4.79 Å². The molecule has 0 saturated carbocycles. The lowest BCUT2D eigenvalue weighted by Gasteiger charge is -2.08. The van der Waals surface area contributed by atoms with E-state index in [-0.39, 0.29) is 5.91 Å². The van der Waals surface area contributed by atoms with Crippen LogP contribution in [0.4, 0.5) is 5.69 Å². The standard InChI is InChI=1S/C22H19N3OS2/c1-14-8-15(2)10-17(9-14)25-19(26)12-28-22-20-18(16-6-4-3-5-7-16)11-27-21(20)23-13-24-22/h3-11,13H,12H2,1-2H3,(H,25,26). The average Bonchev–Trinajstić information content (AvgIpc) is 3.11. The van der Waals surface area contributed by atoms with Gasteiger partial charge in [-0.3, -0.25) is 4.79 Å². The van der Waals surface area contributed by atoms with Crippen LogP contribution in [0.25, 0.3) is 21.3 Å². The first-order chi connectivity index (χ1) is 13.6. The Bertz CT molecular complexity index is 1120. The molecule has 0 fully saturated rings. The van der Waals surface area contributed by atoms with E-state index in [0.717, 1.165) is 43.2 Å². The van der Waals surface area contributed by atoms with Crippen LogP contribution in [0, 0.1) is 13.8 Å². The maximum absolute atomic E-state index is 12.5. The maximum Gasteiger partial charge on any atom is 0.234 e. The minimum absolute atomic E-state index is 0.0433. The smallest absolute Gasteiger partial charge is 0.234 e. The van der Waals surface area contributed by atoms with Gasteiger partial charge in [0.05, 0.1) is 11.1 Å². The van der Waals surface area contributed by atoms with Crippen LogP contribution in [0.15, 0.2) is 65.3 Å². The van der Waals surface area contributed by atoms with E-state index in [1.54, 1.807) is 17.7 Å². The zero-order valence-electron chi connectivity index (χ0n) is 15.6. The Morgan fingerprint density at radius 1 is 1.07 bits per heavy atom. The highest BCUT2D eigenvalue weighted by molar-refractivity contribution is 8.00. The van der Waals surface area contributed by atoms with Gasteiger partial charge in [0.25, 0.3) is 0 Å². The van der Waals surface area contributed by atoms with Gasteiger partial charge in [-0.15, -0.1) is 11.3 Å². The summed E-state index contributed by atoms with van der Waals surface area (Å²) in [6, 6.07) is 16.2. The fraction of sp³-hybridized carbons (Fsp3) is 0.136. The monoisotopic (exact) mass is 405 g/mol. The predicted octanol–water partition coefficient (Wildman–Crippen LogP) is 5.71. The SMILES string of the molecule is Cc1cc(C)cc(NC(=O)CSc2ncnc3scc(-c4ccccc4)c23)c1. The van der Waals surface area contributed by atoms with Gasteiger partial charge in [-0.25, -0.2) is 9.97 Å². The first kappa shape index (κ1) is 18.7. The highest BCUT2D eigenvalue weighted by Gasteiger charge is 2.14. The third-order valence-corrected chi connectivity index (χ3v) is 6.14. The van der Waals surface area contributed by atoms with Crippen molar-refractivity contribution in [3.05, 3.63) is 71.4 Å². The summed E-state index contributed by atoms with van der Waals surface area (Å²) in [4.78, 5) is 22.2. The summed E-state index contributed by atoms with van der Waals surface area (Å²) in [5.41, 5.74) is 5.33. The van der Waals surface area contributed by atoms with Gasteiger partial charge < -0.3 is 5.32 Å². The lowest BCUT2D eigenvalue weighted by atomic mass is 10.1. The van der Waals surface area contributed by atoms with E-state index in [1.165, 1.54) is 11.8 Å². The largest absolute Gasteiger partial charge is 0.325 e. The Morgan fingerprint density at radius 2 is 1.82 bits per heavy atom. The van der Waals surface area contributed by atoms with Gasteiger partial charge in [0.2, 0.25) is 5.91 Å². The second kappa shape index (κ2) is 8.12. The van der Waals surface area contributed by atoms with Crippen molar-refractivity contribution in [1.82, 2.24) is 9.97 Å². The topological polar surface area (TPSA) is 54.9 Å². The van der Waals surface area contributed by atoms with Crippen LogP contribution >= 0.6 is 23.1 Å². The summed E-state index contributed by atoms with van der Waals surface area (Å²) < 4.78 is 0. The number of hydrogen-bond acceptors (Lipinski definition) is 5. The number of aryl methyl sites for hydroxylation is 2. The molecule has 0 unspecified atom stereocenters. The molecule has 0 aliphatic heterocycles. The molecule has 4 rings (SSSR count). The number of rotatable bonds is 5. The van der Waals surface area contributed by atoms with Crippen molar-refractivity contribution >= 4 is 44.9 Å². The quantitative estimate of drug-likeness (QED) is 0.341. The number of thioether (sulfide) groups is 1. The number of nitrogens with one attached hydrogen (secondary N) is 1. The Morgan fingerprint density at radius 3 is 2.57 bits per heavy atom. The second-order valence-electron chi connectivity index (χ2n) is 6.59. The van der Waals surface area contributed by atoms with Crippen molar-refractivity contribution in [2.45, 2.75) is 18.9 Å². The summed E-state index contributed by atoms with van der Waals surface area (Å²) >= 11 is 3.04. The molecule has 0 atom stereocenters. The van der Waals surface area contributed by atoms with Gasteiger partial charge in [-0.1, -0.05) is 48.2 Å². The van der Waals surface area contributed by atoms with Crippen LogP contribution in [-0.2, 0) is 4.79 Å². The molecule has 1 amide bonds. The van der Waals surface area contributed by atoms with Crippen molar-refractivity contribution < 1.29 is 4.79 Å². The molecule has 4 aromatic rings. The van der Waals surface area contributed by atoms with Crippen LogP contribution in [-0.4, -0.2) is 21.6 Å². The normalized spacial score (nSPS) is 10.9. The lowest BCUT2D eigenvalue weighted by molar-refractivity contribution is -0.113. The molecule has 0 saturated heterocycles. The van der Waals surface area contributed by atoms with Gasteiger partial charge >= 0.3 is 0 Å². The molecule has 0 spiro atoms. The van der Waals surface area contributed by atoms with E-state index < -0.39 is 0 Å². The summed E-state index contributed by atoms with van der Waals surface area (Å²) in [7, 11) is 0. The number of anilines is 1. The van der Waals surface area contributed by atoms with E-state index in [4.69, 9.17) is 0 Å². The number of benzene rings is 2.